The van der Waals surface area contributed by atoms with Gasteiger partial charge in [-0.25, -0.2) is 17.2 Å². The van der Waals surface area contributed by atoms with Crippen molar-refractivity contribution in [2.45, 2.75) is 17.7 Å². The van der Waals surface area contributed by atoms with Crippen LogP contribution in [0.2, 0.25) is 0 Å². The van der Waals surface area contributed by atoms with Gasteiger partial charge in [0.1, 0.15) is 11.6 Å². The zero-order valence-corrected chi connectivity index (χ0v) is 16.7. The van der Waals surface area contributed by atoms with Crippen molar-refractivity contribution in [3.63, 3.8) is 0 Å². The monoisotopic (exact) mass is 423 g/mol. The molecule has 1 aliphatic heterocycles. The van der Waals surface area contributed by atoms with Crippen LogP contribution in [-0.4, -0.2) is 56.3 Å². The molecule has 1 fully saturated rings. The maximum Gasteiger partial charge on any atom is 0.243 e. The number of nitrogens with zero attached hydrogens (tertiary/aromatic N) is 2. The lowest BCUT2D eigenvalue weighted by Crippen LogP contribution is -2.36. The SMILES string of the molecule is O=C(CCN1CCCN(S(=O)(=O)c2ccc(F)cc2)CC1)Nc1ccccc1F. The van der Waals surface area contributed by atoms with E-state index < -0.39 is 21.7 Å². The number of benzene rings is 2. The van der Waals surface area contributed by atoms with E-state index in [1.807, 2.05) is 4.90 Å². The van der Waals surface area contributed by atoms with Crippen molar-refractivity contribution in [1.82, 2.24) is 9.21 Å². The molecule has 0 radical (unpaired) electrons. The third kappa shape index (κ3) is 5.59. The van der Waals surface area contributed by atoms with Gasteiger partial charge in [0, 0.05) is 32.6 Å². The number of hydrogen-bond acceptors (Lipinski definition) is 4. The number of carbonyl (C=O) groups is 1. The minimum Gasteiger partial charge on any atom is -0.324 e. The highest BCUT2D eigenvalue weighted by molar-refractivity contribution is 7.89. The van der Waals surface area contributed by atoms with E-state index in [0.717, 1.165) is 12.1 Å². The van der Waals surface area contributed by atoms with Gasteiger partial charge in [0.15, 0.2) is 0 Å². The van der Waals surface area contributed by atoms with Crippen LogP contribution >= 0.6 is 0 Å². The summed E-state index contributed by atoms with van der Waals surface area (Å²) >= 11 is 0. The van der Waals surface area contributed by atoms with Gasteiger partial charge in [-0.15, -0.1) is 0 Å². The average Bonchev–Trinajstić information content (AvgIpc) is 2.95. The van der Waals surface area contributed by atoms with Crippen LogP contribution in [0.4, 0.5) is 14.5 Å². The third-order valence-electron chi connectivity index (χ3n) is 4.80. The second-order valence-corrected chi connectivity index (χ2v) is 8.77. The largest absolute Gasteiger partial charge is 0.324 e. The lowest BCUT2D eigenvalue weighted by Gasteiger charge is -2.21. The number of sulfonamides is 1. The number of carbonyl (C=O) groups excluding carboxylic acids is 1. The summed E-state index contributed by atoms with van der Waals surface area (Å²) in [5.74, 6) is -1.27. The molecule has 9 heteroatoms. The van der Waals surface area contributed by atoms with Gasteiger partial charge < -0.3 is 10.2 Å². The van der Waals surface area contributed by atoms with Crippen LogP contribution in [0, 0.1) is 11.6 Å². The number of amides is 1. The fourth-order valence-electron chi connectivity index (χ4n) is 3.20. The fourth-order valence-corrected chi connectivity index (χ4v) is 4.67. The summed E-state index contributed by atoms with van der Waals surface area (Å²) in [5, 5.41) is 2.55. The Bertz CT molecular complexity index is 952. The molecule has 3 rings (SSSR count). The normalized spacial score (nSPS) is 16.3. The van der Waals surface area contributed by atoms with E-state index in [0.29, 0.717) is 32.6 Å². The minimum atomic E-state index is -3.68. The lowest BCUT2D eigenvalue weighted by atomic mass is 10.3. The summed E-state index contributed by atoms with van der Waals surface area (Å²) < 4.78 is 53.6. The Morgan fingerprint density at radius 2 is 1.69 bits per heavy atom. The van der Waals surface area contributed by atoms with Gasteiger partial charge in [0.05, 0.1) is 10.6 Å². The number of hydrogen-bond donors (Lipinski definition) is 1. The summed E-state index contributed by atoms with van der Waals surface area (Å²) in [7, 11) is -3.68. The molecule has 2 aromatic carbocycles. The van der Waals surface area contributed by atoms with Crippen molar-refractivity contribution in [1.29, 1.82) is 0 Å². The first-order valence-electron chi connectivity index (χ1n) is 9.39. The Morgan fingerprint density at radius 1 is 0.966 bits per heavy atom. The van der Waals surface area contributed by atoms with E-state index in [2.05, 4.69) is 5.32 Å². The van der Waals surface area contributed by atoms with Crippen LogP contribution in [0.15, 0.2) is 53.4 Å². The van der Waals surface area contributed by atoms with E-state index >= 15 is 0 Å². The molecule has 0 atom stereocenters. The molecule has 29 heavy (non-hydrogen) atoms. The zero-order valence-electron chi connectivity index (χ0n) is 15.9. The minimum absolute atomic E-state index is 0.0663. The molecule has 6 nitrogen and oxygen atoms in total. The van der Waals surface area contributed by atoms with E-state index in [4.69, 9.17) is 0 Å². The van der Waals surface area contributed by atoms with Crippen LogP contribution < -0.4 is 5.32 Å². The van der Waals surface area contributed by atoms with Gasteiger partial charge in [-0.05, 0) is 49.4 Å². The standard InChI is InChI=1S/C20H23F2N3O3S/c21-16-6-8-17(9-7-16)29(27,28)25-12-3-11-24(14-15-25)13-10-20(26)23-19-5-2-1-4-18(19)22/h1-2,4-9H,3,10-15H2,(H,23,26). The molecule has 2 aromatic rings. The zero-order chi connectivity index (χ0) is 20.9. The molecule has 0 aromatic heterocycles. The summed E-state index contributed by atoms with van der Waals surface area (Å²) in [6.45, 7) is 2.23. The Kier molecular flexibility index (Phi) is 6.94. The van der Waals surface area contributed by atoms with Gasteiger partial charge in [-0.2, -0.15) is 4.31 Å². The molecule has 1 amide bonds. The van der Waals surface area contributed by atoms with E-state index in [1.165, 1.54) is 28.6 Å². The number of anilines is 1. The molecule has 0 unspecified atom stereocenters. The summed E-state index contributed by atoms with van der Waals surface area (Å²) in [4.78, 5) is 14.2. The Hall–Kier alpha value is -2.36. The van der Waals surface area contributed by atoms with Gasteiger partial charge >= 0.3 is 0 Å². The molecular formula is C20H23F2N3O3S. The second-order valence-electron chi connectivity index (χ2n) is 6.83. The molecule has 156 valence electrons. The van der Waals surface area contributed by atoms with Crippen molar-refractivity contribution < 1.29 is 22.0 Å². The van der Waals surface area contributed by atoms with E-state index in [-0.39, 0.29) is 29.5 Å². The van der Waals surface area contributed by atoms with Crippen LogP contribution in [0.3, 0.4) is 0 Å². The third-order valence-corrected chi connectivity index (χ3v) is 6.71. The smallest absolute Gasteiger partial charge is 0.243 e. The molecular weight excluding hydrogens is 400 g/mol. The maximum atomic E-state index is 13.6. The first-order chi connectivity index (χ1) is 13.9. The van der Waals surface area contributed by atoms with Crippen molar-refractivity contribution in [2.24, 2.45) is 0 Å². The molecule has 0 saturated carbocycles. The molecule has 1 aliphatic rings. The van der Waals surface area contributed by atoms with Crippen molar-refractivity contribution >= 4 is 21.6 Å². The number of halogens is 2. The number of para-hydroxylation sites is 1. The predicted octanol–water partition coefficient (Wildman–Crippen LogP) is 2.69. The molecule has 0 bridgehead atoms. The molecule has 1 saturated heterocycles. The number of rotatable bonds is 6. The molecule has 1 heterocycles. The lowest BCUT2D eigenvalue weighted by molar-refractivity contribution is -0.116. The Labute approximate surface area is 169 Å². The van der Waals surface area contributed by atoms with E-state index in [1.54, 1.807) is 12.1 Å². The van der Waals surface area contributed by atoms with Gasteiger partial charge in [0.25, 0.3) is 0 Å². The summed E-state index contributed by atoms with van der Waals surface area (Å²) in [6, 6.07) is 10.8. The highest BCUT2D eigenvalue weighted by Crippen LogP contribution is 2.18. The molecule has 1 N–H and O–H groups in total. The second kappa shape index (κ2) is 9.43. The van der Waals surface area contributed by atoms with Crippen molar-refractivity contribution in [3.8, 4) is 0 Å². The fraction of sp³-hybridized carbons (Fsp3) is 0.350. The predicted molar refractivity (Wildman–Crippen MR) is 106 cm³/mol. The summed E-state index contributed by atoms with van der Waals surface area (Å²) in [6.07, 6.45) is 0.800. The Balaban J connectivity index is 1.52. The van der Waals surface area contributed by atoms with Gasteiger partial charge in [0.2, 0.25) is 15.9 Å². The maximum absolute atomic E-state index is 13.6. The van der Waals surface area contributed by atoms with Crippen molar-refractivity contribution in [2.75, 3.05) is 38.0 Å². The van der Waals surface area contributed by atoms with Gasteiger partial charge in [-0.1, -0.05) is 12.1 Å². The highest BCUT2D eigenvalue weighted by atomic mass is 32.2. The van der Waals surface area contributed by atoms with Gasteiger partial charge in [-0.3, -0.25) is 4.79 Å². The first-order valence-corrected chi connectivity index (χ1v) is 10.8. The number of nitrogens with one attached hydrogen (secondary N) is 1. The van der Waals surface area contributed by atoms with Crippen LogP contribution in [0.25, 0.3) is 0 Å². The van der Waals surface area contributed by atoms with Crippen molar-refractivity contribution in [3.05, 3.63) is 60.2 Å². The van der Waals surface area contributed by atoms with Crippen LogP contribution in [0.1, 0.15) is 12.8 Å². The van der Waals surface area contributed by atoms with Crippen LogP contribution in [-0.2, 0) is 14.8 Å². The first kappa shape index (κ1) is 21.4. The summed E-state index contributed by atoms with van der Waals surface area (Å²) in [5.41, 5.74) is 0.143. The highest BCUT2D eigenvalue weighted by Gasteiger charge is 2.27. The molecule has 0 aliphatic carbocycles. The Morgan fingerprint density at radius 3 is 2.41 bits per heavy atom. The molecule has 0 spiro atoms. The quantitative estimate of drug-likeness (QED) is 0.776. The van der Waals surface area contributed by atoms with Crippen LogP contribution in [0.5, 0.6) is 0 Å². The van der Waals surface area contributed by atoms with E-state index in [9.17, 15) is 22.0 Å². The topological polar surface area (TPSA) is 69.7 Å². The average molecular weight is 423 g/mol.